The van der Waals surface area contributed by atoms with E-state index in [2.05, 4.69) is 20.8 Å². The summed E-state index contributed by atoms with van der Waals surface area (Å²) in [5.74, 6) is -2.65. The van der Waals surface area contributed by atoms with Crippen LogP contribution in [0.15, 0.2) is 53.8 Å². The zero-order valence-corrected chi connectivity index (χ0v) is 18.4. The summed E-state index contributed by atoms with van der Waals surface area (Å²) >= 11 is 5.93. The second-order valence-corrected chi connectivity index (χ2v) is 9.24. The molecule has 6 heteroatoms. The van der Waals surface area contributed by atoms with E-state index in [1.807, 2.05) is 24.3 Å². The fraction of sp³-hybridized carbons (Fsp3) is 0.333. The number of ketones is 1. The first-order chi connectivity index (χ1) is 13.9. The van der Waals surface area contributed by atoms with Crippen LogP contribution in [0.3, 0.4) is 0 Å². The molecule has 0 spiro atoms. The highest BCUT2D eigenvalue weighted by Crippen LogP contribution is 2.42. The molecule has 0 saturated heterocycles. The standard InChI is InChI=1S/C24H25ClFNO3/c1-13(2)21(28)19-20(14-6-8-15(9-7-14)24(3,4)5)27(23(30)22(19)29)16-10-11-18(26)17(25)12-16/h6-13,20,29H,1-5H3. The molecule has 1 N–H and O–H groups in total. The van der Waals surface area contributed by atoms with E-state index in [4.69, 9.17) is 11.6 Å². The van der Waals surface area contributed by atoms with Gasteiger partial charge in [-0.25, -0.2) is 4.39 Å². The molecular formula is C24H25ClFNO3. The predicted molar refractivity (Wildman–Crippen MR) is 116 cm³/mol. The third kappa shape index (κ3) is 3.86. The van der Waals surface area contributed by atoms with Crippen molar-refractivity contribution in [2.75, 3.05) is 4.90 Å². The fourth-order valence-corrected chi connectivity index (χ4v) is 3.72. The van der Waals surface area contributed by atoms with Gasteiger partial charge in [0, 0.05) is 11.6 Å². The van der Waals surface area contributed by atoms with E-state index in [1.165, 1.54) is 17.0 Å². The lowest BCUT2D eigenvalue weighted by Gasteiger charge is -2.28. The number of nitrogens with zero attached hydrogens (tertiary/aromatic N) is 1. The van der Waals surface area contributed by atoms with E-state index in [9.17, 15) is 19.1 Å². The number of aliphatic hydroxyl groups excluding tert-OH is 1. The Labute approximate surface area is 181 Å². The van der Waals surface area contributed by atoms with Crippen LogP contribution in [0.1, 0.15) is 51.8 Å². The SMILES string of the molecule is CC(C)C(=O)C1=C(O)C(=O)N(c2ccc(F)c(Cl)c2)C1c1ccc(C(C)(C)C)cc1. The second-order valence-electron chi connectivity index (χ2n) is 8.83. The molecule has 0 aliphatic carbocycles. The quantitative estimate of drug-likeness (QED) is 0.658. The summed E-state index contributed by atoms with van der Waals surface area (Å²) in [4.78, 5) is 27.2. The van der Waals surface area contributed by atoms with Crippen molar-refractivity contribution in [3.63, 3.8) is 0 Å². The minimum atomic E-state index is -0.831. The van der Waals surface area contributed by atoms with Crippen molar-refractivity contribution in [3.05, 3.63) is 75.8 Å². The van der Waals surface area contributed by atoms with Gasteiger partial charge in [-0.05, 0) is 34.7 Å². The van der Waals surface area contributed by atoms with E-state index in [1.54, 1.807) is 13.8 Å². The largest absolute Gasteiger partial charge is 0.503 e. The van der Waals surface area contributed by atoms with Crippen LogP contribution in [0.4, 0.5) is 10.1 Å². The summed E-state index contributed by atoms with van der Waals surface area (Å²) < 4.78 is 13.7. The third-order valence-electron chi connectivity index (χ3n) is 5.27. The van der Waals surface area contributed by atoms with Crippen molar-refractivity contribution >= 4 is 29.0 Å². The van der Waals surface area contributed by atoms with Gasteiger partial charge in [-0.1, -0.05) is 70.5 Å². The van der Waals surface area contributed by atoms with Crippen molar-refractivity contribution in [2.45, 2.75) is 46.1 Å². The Kier molecular flexibility index (Phi) is 5.79. The Hall–Kier alpha value is -2.66. The number of hydrogen-bond donors (Lipinski definition) is 1. The number of anilines is 1. The van der Waals surface area contributed by atoms with Gasteiger partial charge < -0.3 is 5.11 Å². The van der Waals surface area contributed by atoms with E-state index in [0.29, 0.717) is 11.3 Å². The van der Waals surface area contributed by atoms with Crippen LogP contribution in [0.5, 0.6) is 0 Å². The highest BCUT2D eigenvalue weighted by molar-refractivity contribution is 6.31. The number of rotatable bonds is 4. The molecule has 3 rings (SSSR count). The van der Waals surface area contributed by atoms with Crippen molar-refractivity contribution in [1.29, 1.82) is 0 Å². The van der Waals surface area contributed by atoms with Gasteiger partial charge in [-0.15, -0.1) is 0 Å². The highest BCUT2D eigenvalue weighted by Gasteiger charge is 2.45. The highest BCUT2D eigenvalue weighted by atomic mass is 35.5. The molecule has 30 heavy (non-hydrogen) atoms. The summed E-state index contributed by atoms with van der Waals surface area (Å²) in [6, 6.07) is 10.6. The monoisotopic (exact) mass is 429 g/mol. The van der Waals surface area contributed by atoms with Crippen LogP contribution >= 0.6 is 11.6 Å². The van der Waals surface area contributed by atoms with E-state index in [0.717, 1.165) is 11.6 Å². The maximum atomic E-state index is 13.7. The first-order valence-corrected chi connectivity index (χ1v) is 10.2. The number of hydrogen-bond acceptors (Lipinski definition) is 3. The van der Waals surface area contributed by atoms with Crippen LogP contribution < -0.4 is 4.90 Å². The average Bonchev–Trinajstić information content (AvgIpc) is 2.94. The molecule has 0 radical (unpaired) electrons. The lowest BCUT2D eigenvalue weighted by Crippen LogP contribution is -2.31. The summed E-state index contributed by atoms with van der Waals surface area (Å²) in [6.45, 7) is 9.70. The Balaban J connectivity index is 2.18. The fourth-order valence-electron chi connectivity index (χ4n) is 3.55. The average molecular weight is 430 g/mol. The molecule has 1 heterocycles. The van der Waals surface area contributed by atoms with E-state index >= 15 is 0 Å². The van der Waals surface area contributed by atoms with Gasteiger partial charge in [-0.2, -0.15) is 0 Å². The van der Waals surface area contributed by atoms with Crippen molar-refractivity contribution in [3.8, 4) is 0 Å². The Morgan fingerprint density at radius 3 is 2.23 bits per heavy atom. The molecule has 2 aromatic rings. The lowest BCUT2D eigenvalue weighted by molar-refractivity contribution is -0.119. The minimum Gasteiger partial charge on any atom is -0.503 e. The number of carbonyl (C=O) groups excluding carboxylic acids is 2. The van der Waals surface area contributed by atoms with Gasteiger partial charge >= 0.3 is 0 Å². The normalized spacial score (nSPS) is 17.3. The second kappa shape index (κ2) is 7.88. The maximum Gasteiger partial charge on any atom is 0.294 e. The van der Waals surface area contributed by atoms with Gasteiger partial charge in [0.1, 0.15) is 5.82 Å². The van der Waals surface area contributed by atoms with E-state index < -0.39 is 29.4 Å². The third-order valence-corrected chi connectivity index (χ3v) is 5.56. The topological polar surface area (TPSA) is 57.6 Å². The molecule has 0 saturated carbocycles. The Bertz CT molecular complexity index is 1040. The number of carbonyl (C=O) groups is 2. The molecule has 158 valence electrons. The number of Topliss-reactive ketones (excluding diaryl/α,β-unsaturated/α-hetero) is 1. The van der Waals surface area contributed by atoms with E-state index in [-0.39, 0.29) is 21.8 Å². The summed E-state index contributed by atoms with van der Waals surface area (Å²) in [7, 11) is 0. The Morgan fingerprint density at radius 1 is 1.13 bits per heavy atom. The van der Waals surface area contributed by atoms with Crippen molar-refractivity contribution in [2.24, 2.45) is 5.92 Å². The molecule has 0 bridgehead atoms. The molecule has 0 fully saturated rings. The van der Waals surface area contributed by atoms with Crippen molar-refractivity contribution < 1.29 is 19.1 Å². The zero-order chi connectivity index (χ0) is 22.4. The molecule has 0 aromatic heterocycles. The summed E-state index contributed by atoms with van der Waals surface area (Å²) in [5.41, 5.74) is 2.04. The zero-order valence-electron chi connectivity index (χ0n) is 17.7. The predicted octanol–water partition coefficient (Wildman–Crippen LogP) is 5.90. The first-order valence-electron chi connectivity index (χ1n) is 9.80. The van der Waals surface area contributed by atoms with Gasteiger partial charge in [0.2, 0.25) is 0 Å². The van der Waals surface area contributed by atoms with Crippen LogP contribution in [-0.4, -0.2) is 16.8 Å². The smallest absolute Gasteiger partial charge is 0.294 e. The van der Waals surface area contributed by atoms with Crippen molar-refractivity contribution in [1.82, 2.24) is 0 Å². The van der Waals surface area contributed by atoms with Gasteiger partial charge in [0.05, 0.1) is 16.6 Å². The summed E-state index contributed by atoms with van der Waals surface area (Å²) in [6.07, 6.45) is 0. The van der Waals surface area contributed by atoms with Gasteiger partial charge in [0.15, 0.2) is 11.5 Å². The molecule has 1 amide bonds. The molecule has 1 aliphatic rings. The molecule has 1 aliphatic heterocycles. The van der Waals surface area contributed by atoms with Gasteiger partial charge in [0.25, 0.3) is 5.91 Å². The summed E-state index contributed by atoms with van der Waals surface area (Å²) in [5, 5.41) is 10.5. The number of aliphatic hydroxyl groups is 1. The molecule has 1 atom stereocenters. The Morgan fingerprint density at radius 2 is 1.73 bits per heavy atom. The number of amides is 1. The van der Waals surface area contributed by atoms with Gasteiger partial charge in [-0.3, -0.25) is 14.5 Å². The molecule has 4 nitrogen and oxygen atoms in total. The van der Waals surface area contributed by atoms with Crippen LogP contribution in [-0.2, 0) is 15.0 Å². The van der Waals surface area contributed by atoms with Crippen LogP contribution in [0.2, 0.25) is 5.02 Å². The molecular weight excluding hydrogens is 405 g/mol. The molecule has 2 aromatic carbocycles. The number of benzene rings is 2. The minimum absolute atomic E-state index is 0.0407. The molecule has 1 unspecified atom stereocenters. The lowest BCUT2D eigenvalue weighted by atomic mass is 9.85. The number of halogens is 2. The first kappa shape index (κ1) is 22.0. The maximum absolute atomic E-state index is 13.7. The van der Waals surface area contributed by atoms with Crippen LogP contribution in [0, 0.1) is 11.7 Å². The van der Waals surface area contributed by atoms with Crippen LogP contribution in [0.25, 0.3) is 0 Å².